The fourth-order valence-electron chi connectivity index (χ4n) is 2.20. The molecule has 94 valence electrons. The third kappa shape index (κ3) is 2.02. The molecule has 0 spiro atoms. The van der Waals surface area contributed by atoms with Crippen LogP contribution < -0.4 is 11.1 Å². The fraction of sp³-hybridized carbons (Fsp3) is 0.455. The summed E-state index contributed by atoms with van der Waals surface area (Å²) >= 11 is 0. The first-order valence-corrected chi connectivity index (χ1v) is 7.01. The van der Waals surface area contributed by atoms with Gasteiger partial charge in [-0.1, -0.05) is 0 Å². The maximum Gasteiger partial charge on any atom is 0.185 e. The van der Waals surface area contributed by atoms with Crippen molar-refractivity contribution >= 4 is 15.5 Å². The van der Waals surface area contributed by atoms with Crippen molar-refractivity contribution in [3.05, 3.63) is 24.0 Å². The van der Waals surface area contributed by atoms with Gasteiger partial charge >= 0.3 is 0 Å². The van der Waals surface area contributed by atoms with Crippen molar-refractivity contribution in [1.82, 2.24) is 0 Å². The van der Waals surface area contributed by atoms with Gasteiger partial charge in [0.15, 0.2) is 9.84 Å². The Morgan fingerprint density at radius 2 is 2.18 bits per heavy atom. The van der Waals surface area contributed by atoms with Gasteiger partial charge in [0.05, 0.1) is 15.8 Å². The highest BCUT2D eigenvalue weighted by molar-refractivity contribution is 7.92. The number of rotatable bonds is 2. The topological polar surface area (TPSA) is 72.2 Å². The second kappa shape index (κ2) is 4.27. The summed E-state index contributed by atoms with van der Waals surface area (Å²) in [6, 6.07) is 3.41. The summed E-state index contributed by atoms with van der Waals surface area (Å²) < 4.78 is 37.7. The summed E-state index contributed by atoms with van der Waals surface area (Å²) in [5.41, 5.74) is 5.77. The SMILES string of the molecule is CC1Nc2cc(F)ccc2S(=O)(=O)C1CCN. The summed E-state index contributed by atoms with van der Waals surface area (Å²) in [6.45, 7) is 2.08. The van der Waals surface area contributed by atoms with Crippen LogP contribution in [0.4, 0.5) is 10.1 Å². The van der Waals surface area contributed by atoms with Gasteiger partial charge in [0, 0.05) is 6.04 Å². The van der Waals surface area contributed by atoms with Gasteiger partial charge in [0.1, 0.15) is 5.82 Å². The van der Waals surface area contributed by atoms with E-state index in [-0.39, 0.29) is 10.9 Å². The first-order valence-electron chi connectivity index (χ1n) is 5.47. The van der Waals surface area contributed by atoms with Gasteiger partial charge in [0.2, 0.25) is 0 Å². The first kappa shape index (κ1) is 12.3. The van der Waals surface area contributed by atoms with Crippen molar-refractivity contribution in [2.24, 2.45) is 5.73 Å². The van der Waals surface area contributed by atoms with E-state index in [1.807, 2.05) is 0 Å². The molecule has 1 aromatic rings. The second-order valence-corrected chi connectivity index (χ2v) is 6.37. The highest BCUT2D eigenvalue weighted by Gasteiger charge is 2.37. The molecule has 2 atom stereocenters. The van der Waals surface area contributed by atoms with Crippen LogP contribution in [-0.4, -0.2) is 26.3 Å². The molecule has 0 bridgehead atoms. The summed E-state index contributed by atoms with van der Waals surface area (Å²) in [6.07, 6.45) is 0.396. The van der Waals surface area contributed by atoms with E-state index in [1.165, 1.54) is 12.1 Å². The van der Waals surface area contributed by atoms with Crippen LogP contribution in [0.2, 0.25) is 0 Å². The number of fused-ring (bicyclic) bond motifs is 1. The molecule has 17 heavy (non-hydrogen) atoms. The zero-order chi connectivity index (χ0) is 12.6. The lowest BCUT2D eigenvalue weighted by atomic mass is 10.1. The van der Waals surface area contributed by atoms with Crippen LogP contribution in [0, 0.1) is 5.82 Å². The molecule has 0 aromatic heterocycles. The van der Waals surface area contributed by atoms with Crippen molar-refractivity contribution in [1.29, 1.82) is 0 Å². The molecule has 0 amide bonds. The monoisotopic (exact) mass is 258 g/mol. The van der Waals surface area contributed by atoms with Crippen molar-refractivity contribution in [3.63, 3.8) is 0 Å². The highest BCUT2D eigenvalue weighted by atomic mass is 32.2. The molecule has 1 aliphatic rings. The largest absolute Gasteiger partial charge is 0.380 e. The van der Waals surface area contributed by atoms with Gasteiger partial charge in [0.25, 0.3) is 0 Å². The number of nitrogens with two attached hydrogens (primary N) is 1. The number of halogens is 1. The summed E-state index contributed by atoms with van der Waals surface area (Å²) in [4.78, 5) is 0.162. The number of anilines is 1. The van der Waals surface area contributed by atoms with E-state index in [0.29, 0.717) is 18.7 Å². The van der Waals surface area contributed by atoms with E-state index < -0.39 is 20.9 Å². The van der Waals surface area contributed by atoms with Gasteiger partial charge in [-0.2, -0.15) is 0 Å². The van der Waals surface area contributed by atoms with Crippen LogP contribution in [0.25, 0.3) is 0 Å². The molecule has 0 radical (unpaired) electrons. The van der Waals surface area contributed by atoms with Crippen molar-refractivity contribution in [2.45, 2.75) is 29.5 Å². The van der Waals surface area contributed by atoms with E-state index in [4.69, 9.17) is 5.73 Å². The quantitative estimate of drug-likeness (QED) is 0.780. The smallest absolute Gasteiger partial charge is 0.185 e. The van der Waals surface area contributed by atoms with E-state index in [9.17, 15) is 12.8 Å². The zero-order valence-corrected chi connectivity index (χ0v) is 10.3. The summed E-state index contributed by atoms with van der Waals surface area (Å²) in [5.74, 6) is -0.448. The molecule has 4 nitrogen and oxygen atoms in total. The second-order valence-electron chi connectivity index (χ2n) is 4.23. The van der Waals surface area contributed by atoms with Crippen molar-refractivity contribution in [2.75, 3.05) is 11.9 Å². The Bertz CT molecular complexity index is 530. The van der Waals surface area contributed by atoms with Crippen LogP contribution in [0.5, 0.6) is 0 Å². The van der Waals surface area contributed by atoms with Crippen LogP contribution in [0.15, 0.2) is 23.1 Å². The minimum Gasteiger partial charge on any atom is -0.380 e. The van der Waals surface area contributed by atoms with Crippen molar-refractivity contribution < 1.29 is 12.8 Å². The fourth-order valence-corrected chi connectivity index (χ4v) is 4.26. The van der Waals surface area contributed by atoms with E-state index in [0.717, 1.165) is 6.07 Å². The van der Waals surface area contributed by atoms with E-state index in [1.54, 1.807) is 6.92 Å². The maximum atomic E-state index is 13.1. The van der Waals surface area contributed by atoms with E-state index in [2.05, 4.69) is 5.32 Å². The average molecular weight is 258 g/mol. The molecule has 1 aliphatic heterocycles. The molecular formula is C11H15FN2O2S. The molecule has 0 aliphatic carbocycles. The normalized spacial score (nSPS) is 26.1. The standard InChI is InChI=1S/C11H15FN2O2S/c1-7-10(4-5-13)17(15,16)11-3-2-8(12)6-9(11)14-7/h2-3,6-7,10,14H,4-5,13H2,1H3. The van der Waals surface area contributed by atoms with E-state index >= 15 is 0 Å². The average Bonchev–Trinajstić information content (AvgIpc) is 2.23. The van der Waals surface area contributed by atoms with Gasteiger partial charge in [-0.25, -0.2) is 12.8 Å². The summed E-state index contributed by atoms with van der Waals surface area (Å²) in [7, 11) is -3.42. The minimum atomic E-state index is -3.42. The molecule has 1 heterocycles. The Morgan fingerprint density at radius 1 is 1.47 bits per heavy atom. The van der Waals surface area contributed by atoms with Crippen LogP contribution in [-0.2, 0) is 9.84 Å². The molecule has 0 fully saturated rings. The molecule has 2 unspecified atom stereocenters. The predicted molar refractivity (Wildman–Crippen MR) is 64.1 cm³/mol. The lowest BCUT2D eigenvalue weighted by molar-refractivity contribution is 0.547. The van der Waals surface area contributed by atoms with Gasteiger partial charge < -0.3 is 11.1 Å². The molecule has 6 heteroatoms. The van der Waals surface area contributed by atoms with Crippen LogP contribution >= 0.6 is 0 Å². The number of hydrogen-bond acceptors (Lipinski definition) is 4. The van der Waals surface area contributed by atoms with Crippen LogP contribution in [0.1, 0.15) is 13.3 Å². The van der Waals surface area contributed by atoms with Crippen LogP contribution in [0.3, 0.4) is 0 Å². The lowest BCUT2D eigenvalue weighted by Crippen LogP contribution is -2.43. The molecular weight excluding hydrogens is 243 g/mol. The maximum absolute atomic E-state index is 13.1. The molecule has 0 saturated carbocycles. The Kier molecular flexibility index (Phi) is 3.09. The highest BCUT2D eigenvalue weighted by Crippen LogP contribution is 2.34. The first-order chi connectivity index (χ1) is 7.96. The Balaban J connectivity index is 2.54. The van der Waals surface area contributed by atoms with Gasteiger partial charge in [-0.3, -0.25) is 0 Å². The Hall–Kier alpha value is -1.14. The Morgan fingerprint density at radius 3 is 2.82 bits per heavy atom. The number of hydrogen-bond donors (Lipinski definition) is 2. The molecule has 1 aromatic carbocycles. The molecule has 3 N–H and O–H groups in total. The third-order valence-electron chi connectivity index (χ3n) is 3.04. The van der Waals surface area contributed by atoms with Gasteiger partial charge in [-0.15, -0.1) is 0 Å². The minimum absolute atomic E-state index is 0.162. The predicted octanol–water partition coefficient (Wildman–Crippen LogP) is 1.13. The number of benzene rings is 1. The zero-order valence-electron chi connectivity index (χ0n) is 9.48. The molecule has 2 rings (SSSR count). The lowest BCUT2D eigenvalue weighted by Gasteiger charge is -2.32. The summed E-state index contributed by atoms with van der Waals surface area (Å²) in [5, 5.41) is 2.47. The third-order valence-corrected chi connectivity index (χ3v) is 5.45. The number of nitrogens with one attached hydrogen (secondary N) is 1. The molecule has 0 saturated heterocycles. The van der Waals surface area contributed by atoms with Gasteiger partial charge in [-0.05, 0) is 38.1 Å². The van der Waals surface area contributed by atoms with Crippen molar-refractivity contribution in [3.8, 4) is 0 Å². The number of sulfone groups is 1. The Labute approximate surface area is 99.9 Å².